The number of carbonyl (C=O) groups excluding carboxylic acids is 1. The van der Waals surface area contributed by atoms with Crippen LogP contribution in [-0.2, 0) is 17.8 Å². The molecule has 1 aliphatic heterocycles. The molecule has 2 heterocycles. The summed E-state index contributed by atoms with van der Waals surface area (Å²) in [4.78, 5) is 13.3. The van der Waals surface area contributed by atoms with Gasteiger partial charge in [-0.25, -0.2) is 0 Å². The zero-order valence-electron chi connectivity index (χ0n) is 9.81. The van der Waals surface area contributed by atoms with E-state index in [4.69, 9.17) is 0 Å². The van der Waals surface area contributed by atoms with Gasteiger partial charge in [-0.1, -0.05) is 6.58 Å². The van der Waals surface area contributed by atoms with Crippen LogP contribution < -0.4 is 0 Å². The van der Waals surface area contributed by atoms with Crippen molar-refractivity contribution < 1.29 is 4.79 Å². The van der Waals surface area contributed by atoms with Gasteiger partial charge in [-0.15, -0.1) is 0 Å². The van der Waals surface area contributed by atoms with Gasteiger partial charge in [-0.05, 0) is 19.9 Å². The fourth-order valence-electron chi connectivity index (χ4n) is 2.12. The number of hydrogen-bond donors (Lipinski definition) is 0. The van der Waals surface area contributed by atoms with E-state index in [1.54, 1.807) is 0 Å². The molecule has 1 aromatic rings. The van der Waals surface area contributed by atoms with Crippen LogP contribution in [0.4, 0.5) is 0 Å². The number of nitrogens with zero attached hydrogens (tertiary/aromatic N) is 3. The predicted octanol–water partition coefficient (Wildman–Crippen LogP) is 1.53. The van der Waals surface area contributed by atoms with E-state index in [0.717, 1.165) is 18.5 Å². The summed E-state index contributed by atoms with van der Waals surface area (Å²) in [6.45, 7) is 9.17. The summed E-state index contributed by atoms with van der Waals surface area (Å²) in [6, 6.07) is 0.380. The van der Waals surface area contributed by atoms with Crippen LogP contribution >= 0.6 is 0 Å². The lowest BCUT2D eigenvalue weighted by Crippen LogP contribution is -2.35. The SMILES string of the molecule is C=CC(=O)N1CCc2c(cnn2C(C)C)C1. The molecule has 2 rings (SSSR count). The van der Waals surface area contributed by atoms with E-state index >= 15 is 0 Å². The summed E-state index contributed by atoms with van der Waals surface area (Å²) < 4.78 is 2.05. The monoisotopic (exact) mass is 219 g/mol. The Balaban J connectivity index is 2.23. The highest BCUT2D eigenvalue weighted by molar-refractivity contribution is 5.87. The van der Waals surface area contributed by atoms with E-state index in [0.29, 0.717) is 12.6 Å². The predicted molar refractivity (Wildman–Crippen MR) is 61.9 cm³/mol. The fourth-order valence-corrected chi connectivity index (χ4v) is 2.12. The summed E-state index contributed by atoms with van der Waals surface area (Å²) in [7, 11) is 0. The Morgan fingerprint density at radius 2 is 2.38 bits per heavy atom. The molecule has 1 amide bonds. The molecule has 0 spiro atoms. The maximum Gasteiger partial charge on any atom is 0.246 e. The van der Waals surface area contributed by atoms with Crippen LogP contribution in [0.1, 0.15) is 31.1 Å². The Labute approximate surface area is 95.5 Å². The molecule has 0 aliphatic carbocycles. The van der Waals surface area contributed by atoms with Crippen LogP contribution in [-0.4, -0.2) is 27.1 Å². The molecule has 0 saturated carbocycles. The van der Waals surface area contributed by atoms with Crippen molar-refractivity contribution in [1.29, 1.82) is 0 Å². The topological polar surface area (TPSA) is 38.1 Å². The van der Waals surface area contributed by atoms with Crippen molar-refractivity contribution in [1.82, 2.24) is 14.7 Å². The highest BCUT2D eigenvalue weighted by Crippen LogP contribution is 2.21. The second-order valence-electron chi connectivity index (χ2n) is 4.37. The van der Waals surface area contributed by atoms with Gasteiger partial charge in [0.05, 0.1) is 6.20 Å². The van der Waals surface area contributed by atoms with Crippen LogP contribution in [0.25, 0.3) is 0 Å². The van der Waals surface area contributed by atoms with Gasteiger partial charge in [0.1, 0.15) is 0 Å². The molecule has 4 nitrogen and oxygen atoms in total. The van der Waals surface area contributed by atoms with Gasteiger partial charge >= 0.3 is 0 Å². The first kappa shape index (κ1) is 10.9. The molecule has 4 heteroatoms. The van der Waals surface area contributed by atoms with Crippen molar-refractivity contribution in [2.24, 2.45) is 0 Å². The van der Waals surface area contributed by atoms with Gasteiger partial charge in [0, 0.05) is 36.8 Å². The number of hydrogen-bond acceptors (Lipinski definition) is 2. The molecule has 1 aromatic heterocycles. The minimum Gasteiger partial charge on any atom is -0.334 e. The van der Waals surface area contributed by atoms with Gasteiger partial charge in [0.2, 0.25) is 5.91 Å². The minimum absolute atomic E-state index is 0.00273. The second kappa shape index (κ2) is 4.12. The lowest BCUT2D eigenvalue weighted by Gasteiger charge is -2.26. The average Bonchev–Trinajstić information content (AvgIpc) is 2.70. The zero-order chi connectivity index (χ0) is 11.7. The molecule has 0 aromatic carbocycles. The molecule has 0 radical (unpaired) electrons. The van der Waals surface area contributed by atoms with Crippen molar-refractivity contribution in [3.63, 3.8) is 0 Å². The smallest absolute Gasteiger partial charge is 0.246 e. The number of aromatic nitrogens is 2. The van der Waals surface area contributed by atoms with Gasteiger partial charge < -0.3 is 4.90 Å². The molecule has 0 fully saturated rings. The van der Waals surface area contributed by atoms with E-state index in [1.807, 2.05) is 15.8 Å². The third-order valence-electron chi connectivity index (χ3n) is 2.94. The zero-order valence-corrected chi connectivity index (χ0v) is 9.81. The molecule has 0 unspecified atom stereocenters. The van der Waals surface area contributed by atoms with Gasteiger partial charge in [-0.3, -0.25) is 9.48 Å². The average molecular weight is 219 g/mol. The van der Waals surface area contributed by atoms with Gasteiger partial charge in [-0.2, -0.15) is 5.10 Å². The van der Waals surface area contributed by atoms with Crippen LogP contribution in [0.3, 0.4) is 0 Å². The quantitative estimate of drug-likeness (QED) is 0.707. The summed E-state index contributed by atoms with van der Waals surface area (Å²) in [5, 5.41) is 4.37. The Bertz CT molecular complexity index is 420. The fraction of sp³-hybridized carbons (Fsp3) is 0.500. The molecule has 0 saturated heterocycles. The first-order chi connectivity index (χ1) is 7.63. The highest BCUT2D eigenvalue weighted by atomic mass is 16.2. The minimum atomic E-state index is 0.00273. The number of fused-ring (bicyclic) bond motifs is 1. The Morgan fingerprint density at radius 1 is 1.62 bits per heavy atom. The first-order valence-corrected chi connectivity index (χ1v) is 5.60. The number of rotatable bonds is 2. The normalized spacial score (nSPS) is 15.1. The van der Waals surface area contributed by atoms with E-state index in [1.165, 1.54) is 11.8 Å². The van der Waals surface area contributed by atoms with Crippen LogP contribution in [0, 0.1) is 0 Å². The van der Waals surface area contributed by atoms with E-state index in [2.05, 4.69) is 25.5 Å². The molecular weight excluding hydrogens is 202 g/mol. The molecule has 16 heavy (non-hydrogen) atoms. The summed E-state index contributed by atoms with van der Waals surface area (Å²) in [6.07, 6.45) is 4.13. The molecule has 1 aliphatic rings. The van der Waals surface area contributed by atoms with Gasteiger partial charge in [0.25, 0.3) is 0 Å². The van der Waals surface area contributed by atoms with E-state index in [9.17, 15) is 4.79 Å². The largest absolute Gasteiger partial charge is 0.334 e. The Kier molecular flexibility index (Phi) is 2.81. The Morgan fingerprint density at radius 3 is 3.00 bits per heavy atom. The molecule has 86 valence electrons. The van der Waals surface area contributed by atoms with Crippen molar-refractivity contribution in [3.8, 4) is 0 Å². The standard InChI is InChI=1S/C12H17N3O/c1-4-12(16)14-6-5-11-10(8-14)7-13-15(11)9(2)3/h4,7,9H,1,5-6,8H2,2-3H3. The highest BCUT2D eigenvalue weighted by Gasteiger charge is 2.23. The lowest BCUT2D eigenvalue weighted by molar-refractivity contribution is -0.126. The second-order valence-corrected chi connectivity index (χ2v) is 4.37. The lowest BCUT2D eigenvalue weighted by atomic mass is 10.1. The first-order valence-electron chi connectivity index (χ1n) is 5.60. The molecule has 0 N–H and O–H groups in total. The van der Waals surface area contributed by atoms with Crippen LogP contribution in [0.15, 0.2) is 18.9 Å². The third kappa shape index (κ3) is 1.75. The maximum absolute atomic E-state index is 11.5. The van der Waals surface area contributed by atoms with E-state index in [-0.39, 0.29) is 5.91 Å². The van der Waals surface area contributed by atoms with Crippen molar-refractivity contribution >= 4 is 5.91 Å². The Hall–Kier alpha value is -1.58. The van der Waals surface area contributed by atoms with Crippen LogP contribution in [0.5, 0.6) is 0 Å². The van der Waals surface area contributed by atoms with E-state index < -0.39 is 0 Å². The van der Waals surface area contributed by atoms with Gasteiger partial charge in [0.15, 0.2) is 0 Å². The number of carbonyl (C=O) groups is 1. The summed E-state index contributed by atoms with van der Waals surface area (Å²) in [5.74, 6) is 0.00273. The molecule has 0 bridgehead atoms. The van der Waals surface area contributed by atoms with Crippen molar-refractivity contribution in [3.05, 3.63) is 30.1 Å². The summed E-state index contributed by atoms with van der Waals surface area (Å²) >= 11 is 0. The molecule has 0 atom stereocenters. The van der Waals surface area contributed by atoms with Crippen molar-refractivity contribution in [2.45, 2.75) is 32.9 Å². The van der Waals surface area contributed by atoms with Crippen molar-refractivity contribution in [2.75, 3.05) is 6.54 Å². The third-order valence-corrected chi connectivity index (χ3v) is 2.94. The summed E-state index contributed by atoms with van der Waals surface area (Å²) in [5.41, 5.74) is 2.43. The maximum atomic E-state index is 11.5. The number of amides is 1. The molecular formula is C12H17N3O. The van der Waals surface area contributed by atoms with Crippen LogP contribution in [0.2, 0.25) is 0 Å².